The monoisotopic (exact) mass is 463 g/mol. The minimum absolute atomic E-state index is 0.0397. The summed E-state index contributed by atoms with van der Waals surface area (Å²) in [5.41, 5.74) is 5.25. The first-order valence-electron chi connectivity index (χ1n) is 11.2. The van der Waals surface area contributed by atoms with Crippen LogP contribution in [0.1, 0.15) is 42.3 Å². The fraction of sp³-hybridized carbons (Fsp3) is 0.333. The first kappa shape index (κ1) is 23.2. The van der Waals surface area contributed by atoms with Crippen LogP contribution in [0.2, 0.25) is 0 Å². The van der Waals surface area contributed by atoms with E-state index in [9.17, 15) is 4.79 Å². The molecule has 1 aliphatic carbocycles. The molecule has 33 heavy (non-hydrogen) atoms. The molecule has 0 saturated heterocycles. The Kier molecular flexibility index (Phi) is 7.23. The van der Waals surface area contributed by atoms with E-state index in [-0.39, 0.29) is 6.42 Å². The SMILES string of the molecule is CSc1ccc(-c2nc(CCOc3cccc4c3CCC(C)/C4=C/CC(=O)O)c(C)o2)cc1. The summed E-state index contributed by atoms with van der Waals surface area (Å²) in [5.74, 6) is 1.85. The molecule has 0 saturated carbocycles. The van der Waals surface area contributed by atoms with Gasteiger partial charge in [-0.1, -0.05) is 25.1 Å². The lowest BCUT2D eigenvalue weighted by molar-refractivity contribution is -0.136. The first-order chi connectivity index (χ1) is 16.0. The third-order valence-electron chi connectivity index (χ3n) is 6.12. The zero-order valence-electron chi connectivity index (χ0n) is 19.3. The van der Waals surface area contributed by atoms with E-state index in [0.717, 1.165) is 46.7 Å². The van der Waals surface area contributed by atoms with Crippen molar-refractivity contribution in [1.82, 2.24) is 4.98 Å². The lowest BCUT2D eigenvalue weighted by Crippen LogP contribution is -2.13. The summed E-state index contributed by atoms with van der Waals surface area (Å²) in [6.45, 7) is 4.59. The van der Waals surface area contributed by atoms with Gasteiger partial charge in [0.25, 0.3) is 0 Å². The van der Waals surface area contributed by atoms with Crippen molar-refractivity contribution in [2.45, 2.75) is 44.4 Å². The number of nitrogens with zero attached hydrogens (tertiary/aromatic N) is 1. The van der Waals surface area contributed by atoms with Gasteiger partial charge in [0.2, 0.25) is 5.89 Å². The third kappa shape index (κ3) is 5.33. The number of carboxylic acids is 1. The van der Waals surface area contributed by atoms with Crippen LogP contribution in [0.15, 0.2) is 57.9 Å². The van der Waals surface area contributed by atoms with Crippen LogP contribution in [-0.4, -0.2) is 28.9 Å². The highest BCUT2D eigenvalue weighted by atomic mass is 32.2. The molecule has 0 radical (unpaired) electrons. The van der Waals surface area contributed by atoms with Crippen molar-refractivity contribution in [2.24, 2.45) is 5.92 Å². The zero-order valence-corrected chi connectivity index (χ0v) is 20.1. The molecule has 0 bridgehead atoms. The van der Waals surface area contributed by atoms with E-state index in [1.807, 2.05) is 37.3 Å². The first-order valence-corrected chi connectivity index (χ1v) is 12.5. The number of hydrogen-bond donors (Lipinski definition) is 1. The second kappa shape index (κ2) is 10.3. The number of thioether (sulfide) groups is 1. The van der Waals surface area contributed by atoms with E-state index in [1.165, 1.54) is 10.5 Å². The van der Waals surface area contributed by atoms with Gasteiger partial charge in [0, 0.05) is 22.4 Å². The van der Waals surface area contributed by atoms with Gasteiger partial charge in [-0.2, -0.15) is 0 Å². The van der Waals surface area contributed by atoms with E-state index in [2.05, 4.69) is 31.4 Å². The van der Waals surface area contributed by atoms with Crippen molar-refractivity contribution in [1.29, 1.82) is 0 Å². The number of hydrogen-bond acceptors (Lipinski definition) is 5. The third-order valence-corrected chi connectivity index (χ3v) is 6.87. The number of ether oxygens (including phenoxy) is 1. The van der Waals surface area contributed by atoms with Crippen molar-refractivity contribution in [3.63, 3.8) is 0 Å². The molecule has 1 unspecified atom stereocenters. The largest absolute Gasteiger partial charge is 0.493 e. The van der Waals surface area contributed by atoms with Gasteiger partial charge in [-0.05, 0) is 73.4 Å². The number of rotatable bonds is 8. The molecule has 5 nitrogen and oxygen atoms in total. The Labute approximate surface area is 198 Å². The van der Waals surface area contributed by atoms with Gasteiger partial charge < -0.3 is 14.3 Å². The molecule has 4 rings (SSSR count). The Hall–Kier alpha value is -2.99. The van der Waals surface area contributed by atoms with E-state index >= 15 is 0 Å². The van der Waals surface area contributed by atoms with Gasteiger partial charge in [0.15, 0.2) is 0 Å². The standard InChI is InChI=1S/C27H29NO4S/c1-17-7-12-23-22(21(17)13-14-26(29)30)5-4-6-25(23)31-16-15-24-18(2)32-27(28-24)19-8-10-20(33-3)11-9-19/h4-6,8-11,13,17H,7,12,14-16H2,1-3H3,(H,29,30)/b21-13-. The molecular weight excluding hydrogens is 434 g/mol. The van der Waals surface area contributed by atoms with Crippen LogP contribution in [0.5, 0.6) is 5.75 Å². The van der Waals surface area contributed by atoms with Crippen LogP contribution in [0.25, 0.3) is 17.0 Å². The van der Waals surface area contributed by atoms with Gasteiger partial charge in [-0.3, -0.25) is 4.79 Å². The smallest absolute Gasteiger partial charge is 0.307 e. The summed E-state index contributed by atoms with van der Waals surface area (Å²) in [5, 5.41) is 9.09. The van der Waals surface area contributed by atoms with E-state index in [1.54, 1.807) is 11.8 Å². The molecule has 1 aromatic heterocycles. The van der Waals surface area contributed by atoms with Crippen molar-refractivity contribution in [3.05, 3.63) is 71.1 Å². The van der Waals surface area contributed by atoms with E-state index in [0.29, 0.717) is 24.8 Å². The molecule has 1 atom stereocenters. The summed E-state index contributed by atoms with van der Waals surface area (Å²) in [6, 6.07) is 14.3. The van der Waals surface area contributed by atoms with Gasteiger partial charge in [0.05, 0.1) is 18.7 Å². The number of aromatic nitrogens is 1. The summed E-state index contributed by atoms with van der Waals surface area (Å²) < 4.78 is 12.1. The topological polar surface area (TPSA) is 72.6 Å². The summed E-state index contributed by atoms with van der Waals surface area (Å²) >= 11 is 1.71. The van der Waals surface area contributed by atoms with E-state index < -0.39 is 5.97 Å². The number of benzene rings is 2. The van der Waals surface area contributed by atoms with Crippen LogP contribution in [0.3, 0.4) is 0 Å². The molecule has 0 fully saturated rings. The van der Waals surface area contributed by atoms with Gasteiger partial charge in [-0.25, -0.2) is 4.98 Å². The normalized spacial score (nSPS) is 16.6. The molecule has 0 aliphatic heterocycles. The van der Waals surface area contributed by atoms with Crippen LogP contribution >= 0.6 is 11.8 Å². The number of carboxylic acid groups (broad SMARTS) is 1. The maximum Gasteiger partial charge on any atom is 0.307 e. The highest BCUT2D eigenvalue weighted by Gasteiger charge is 2.23. The maximum absolute atomic E-state index is 11.1. The van der Waals surface area contributed by atoms with Crippen LogP contribution in [0, 0.1) is 12.8 Å². The number of carbonyl (C=O) groups is 1. The number of oxazole rings is 1. The Morgan fingerprint density at radius 1 is 1.27 bits per heavy atom. The summed E-state index contributed by atoms with van der Waals surface area (Å²) in [6.07, 6.45) is 6.51. The Morgan fingerprint density at radius 2 is 2.06 bits per heavy atom. The second-order valence-electron chi connectivity index (χ2n) is 8.33. The molecule has 0 spiro atoms. The van der Waals surface area contributed by atoms with Gasteiger partial charge in [0.1, 0.15) is 11.5 Å². The van der Waals surface area contributed by atoms with Crippen LogP contribution < -0.4 is 4.74 Å². The minimum atomic E-state index is -0.809. The molecule has 172 valence electrons. The molecule has 1 N–H and O–H groups in total. The quantitative estimate of drug-likeness (QED) is 0.388. The molecular formula is C27H29NO4S. The number of fused-ring (bicyclic) bond motifs is 1. The maximum atomic E-state index is 11.1. The highest BCUT2D eigenvalue weighted by Crippen LogP contribution is 2.39. The molecule has 2 aromatic carbocycles. The van der Waals surface area contributed by atoms with Gasteiger partial charge in [-0.15, -0.1) is 11.8 Å². The minimum Gasteiger partial charge on any atom is -0.493 e. The van der Waals surface area contributed by atoms with Crippen molar-refractivity contribution < 1.29 is 19.1 Å². The fourth-order valence-corrected chi connectivity index (χ4v) is 4.70. The second-order valence-corrected chi connectivity index (χ2v) is 9.21. The summed E-state index contributed by atoms with van der Waals surface area (Å²) in [7, 11) is 0. The molecule has 1 heterocycles. The van der Waals surface area contributed by atoms with Gasteiger partial charge >= 0.3 is 5.97 Å². The summed E-state index contributed by atoms with van der Waals surface area (Å²) in [4.78, 5) is 17.0. The predicted molar refractivity (Wildman–Crippen MR) is 132 cm³/mol. The van der Waals surface area contributed by atoms with Crippen molar-refractivity contribution in [3.8, 4) is 17.2 Å². The lowest BCUT2D eigenvalue weighted by Gasteiger charge is -2.27. The lowest BCUT2D eigenvalue weighted by atomic mass is 9.79. The molecule has 6 heteroatoms. The molecule has 3 aromatic rings. The van der Waals surface area contributed by atoms with Crippen molar-refractivity contribution in [2.75, 3.05) is 12.9 Å². The number of aliphatic carboxylic acids is 1. The number of aryl methyl sites for hydroxylation is 1. The Balaban J connectivity index is 1.46. The molecule has 0 amide bonds. The average Bonchev–Trinajstić information content (AvgIpc) is 3.18. The average molecular weight is 464 g/mol. The Bertz CT molecular complexity index is 1160. The highest BCUT2D eigenvalue weighted by molar-refractivity contribution is 7.98. The van der Waals surface area contributed by atoms with Crippen molar-refractivity contribution >= 4 is 23.3 Å². The Morgan fingerprint density at radius 3 is 2.79 bits per heavy atom. The van der Waals surface area contributed by atoms with E-state index in [4.69, 9.17) is 19.2 Å². The fourth-order valence-electron chi connectivity index (χ4n) is 4.29. The predicted octanol–water partition coefficient (Wildman–Crippen LogP) is 6.43. The van der Waals surface area contributed by atoms with Crippen LogP contribution in [-0.2, 0) is 17.6 Å². The zero-order chi connectivity index (χ0) is 23.4. The number of allylic oxidation sites excluding steroid dienone is 1. The van der Waals surface area contributed by atoms with Crippen LogP contribution in [0.4, 0.5) is 0 Å². The molecule has 1 aliphatic rings.